The van der Waals surface area contributed by atoms with Gasteiger partial charge in [-0.2, -0.15) is 0 Å². The lowest BCUT2D eigenvalue weighted by Gasteiger charge is -2.30. The maximum absolute atomic E-state index is 2.45. The normalized spacial score (nSPS) is 11.3. The van der Waals surface area contributed by atoms with Crippen molar-refractivity contribution in [3.05, 3.63) is 243 Å². The van der Waals surface area contributed by atoms with Crippen molar-refractivity contribution in [2.45, 2.75) is 0 Å². The van der Waals surface area contributed by atoms with Gasteiger partial charge in [-0.15, -0.1) is 0 Å². The molecule has 0 saturated heterocycles. The van der Waals surface area contributed by atoms with Gasteiger partial charge < -0.3 is 9.47 Å². The van der Waals surface area contributed by atoms with E-state index in [0.29, 0.717) is 0 Å². The smallest absolute Gasteiger partial charge is 0.0541 e. The molecule has 0 N–H and O–H groups in total. The molecule has 11 rings (SSSR count). The molecule has 282 valence electrons. The van der Waals surface area contributed by atoms with Gasteiger partial charge in [-0.1, -0.05) is 188 Å². The first-order valence-electron chi connectivity index (χ1n) is 20.6. The molecular weight excluding hydrogens is 725 g/mol. The lowest BCUT2D eigenvalue weighted by molar-refractivity contribution is 1.18. The number of fused-ring (bicyclic) bond motifs is 4. The van der Waals surface area contributed by atoms with Gasteiger partial charge in [-0.25, -0.2) is 0 Å². The maximum Gasteiger partial charge on any atom is 0.0541 e. The van der Waals surface area contributed by atoms with Crippen molar-refractivity contribution in [3.8, 4) is 50.2 Å². The van der Waals surface area contributed by atoms with Crippen molar-refractivity contribution in [1.29, 1.82) is 0 Å². The van der Waals surface area contributed by atoms with E-state index in [1.54, 1.807) is 0 Å². The van der Waals surface area contributed by atoms with Crippen LogP contribution in [0.1, 0.15) is 0 Å². The molecule has 0 amide bonds. The van der Waals surface area contributed by atoms with Crippen LogP contribution in [-0.4, -0.2) is 4.57 Å². The fourth-order valence-electron chi connectivity index (χ4n) is 8.99. The molecule has 0 unspecified atom stereocenters. The molecule has 1 heterocycles. The van der Waals surface area contributed by atoms with Crippen molar-refractivity contribution < 1.29 is 0 Å². The summed E-state index contributed by atoms with van der Waals surface area (Å²) in [6, 6.07) is 88.0. The number of benzene rings is 10. The highest BCUT2D eigenvalue weighted by Gasteiger charge is 2.22. The minimum Gasteiger partial charge on any atom is -0.309 e. The number of para-hydroxylation sites is 3. The zero-order valence-corrected chi connectivity index (χ0v) is 33.0. The highest BCUT2D eigenvalue weighted by Crippen LogP contribution is 2.47. The second kappa shape index (κ2) is 15.1. The summed E-state index contributed by atoms with van der Waals surface area (Å²) in [6.45, 7) is 0. The number of rotatable bonds is 8. The molecule has 0 spiro atoms. The Hall–Kier alpha value is -7.94. The lowest BCUT2D eigenvalue weighted by atomic mass is 9.94. The van der Waals surface area contributed by atoms with Crippen molar-refractivity contribution in [1.82, 2.24) is 4.57 Å². The van der Waals surface area contributed by atoms with Gasteiger partial charge in [0, 0.05) is 33.3 Å². The number of nitrogens with zero attached hydrogens (tertiary/aromatic N) is 2. The summed E-state index contributed by atoms with van der Waals surface area (Å²) in [7, 11) is 0. The lowest BCUT2D eigenvalue weighted by Crippen LogP contribution is -2.12. The Morgan fingerprint density at radius 2 is 0.800 bits per heavy atom. The molecule has 11 aromatic rings. The van der Waals surface area contributed by atoms with Gasteiger partial charge in [0.05, 0.1) is 22.4 Å². The van der Waals surface area contributed by atoms with Crippen LogP contribution in [0.5, 0.6) is 0 Å². The van der Waals surface area contributed by atoms with Crippen molar-refractivity contribution in [3.63, 3.8) is 0 Å². The highest BCUT2D eigenvalue weighted by atomic mass is 15.1. The minimum atomic E-state index is 1.08. The molecular formula is C58H40N2. The van der Waals surface area contributed by atoms with Crippen LogP contribution in [0.3, 0.4) is 0 Å². The second-order valence-electron chi connectivity index (χ2n) is 15.3. The summed E-state index contributed by atoms with van der Waals surface area (Å²) in [5.74, 6) is 0. The summed E-state index contributed by atoms with van der Waals surface area (Å²) < 4.78 is 2.41. The fourth-order valence-corrected chi connectivity index (χ4v) is 8.99. The first kappa shape index (κ1) is 35.2. The molecule has 0 saturated carbocycles. The Morgan fingerprint density at radius 1 is 0.283 bits per heavy atom. The van der Waals surface area contributed by atoms with Crippen LogP contribution < -0.4 is 4.90 Å². The molecule has 60 heavy (non-hydrogen) atoms. The van der Waals surface area contributed by atoms with E-state index < -0.39 is 0 Å². The Kier molecular flexibility index (Phi) is 8.87. The standard InChI is InChI=1S/C58H40N2/c1-3-17-41(18-4-1)45-35-38-58(54(40-45)46-23-15-24-48(39-46)60-56-31-13-10-27-52(56)53-28-11-14-32-57(53)60)59(55-30-12-9-26-51(55)43-19-5-2-6-20-43)47-36-33-44(34-37-47)50-29-16-22-42-21-7-8-25-49(42)50/h1-40H. The number of hydrogen-bond donors (Lipinski definition) is 0. The predicted molar refractivity (Wildman–Crippen MR) is 255 cm³/mol. The van der Waals surface area contributed by atoms with Crippen LogP contribution in [0.25, 0.3) is 82.8 Å². The first-order chi connectivity index (χ1) is 29.8. The van der Waals surface area contributed by atoms with E-state index in [0.717, 1.165) is 39.4 Å². The van der Waals surface area contributed by atoms with Crippen LogP contribution in [-0.2, 0) is 0 Å². The molecule has 10 aromatic carbocycles. The summed E-state index contributed by atoms with van der Waals surface area (Å²) in [5.41, 5.74) is 16.1. The van der Waals surface area contributed by atoms with Crippen LogP contribution in [0.2, 0.25) is 0 Å². The quantitative estimate of drug-likeness (QED) is 0.150. The van der Waals surface area contributed by atoms with Crippen molar-refractivity contribution in [2.24, 2.45) is 0 Å². The summed E-state index contributed by atoms with van der Waals surface area (Å²) in [5, 5.41) is 4.99. The van der Waals surface area contributed by atoms with Crippen molar-refractivity contribution >= 4 is 49.6 Å². The average molecular weight is 765 g/mol. The monoisotopic (exact) mass is 764 g/mol. The van der Waals surface area contributed by atoms with Gasteiger partial charge in [0.2, 0.25) is 0 Å². The molecule has 0 fully saturated rings. The topological polar surface area (TPSA) is 8.17 Å². The van der Waals surface area contributed by atoms with E-state index in [-0.39, 0.29) is 0 Å². The third kappa shape index (κ3) is 6.23. The first-order valence-corrected chi connectivity index (χ1v) is 20.6. The molecule has 0 atom stereocenters. The maximum atomic E-state index is 2.45. The Morgan fingerprint density at radius 3 is 1.55 bits per heavy atom. The fraction of sp³-hybridized carbons (Fsp3) is 0. The van der Waals surface area contributed by atoms with E-state index in [1.807, 2.05) is 0 Å². The van der Waals surface area contributed by atoms with E-state index in [9.17, 15) is 0 Å². The molecule has 0 aliphatic rings. The summed E-state index contributed by atoms with van der Waals surface area (Å²) in [4.78, 5) is 2.45. The second-order valence-corrected chi connectivity index (χ2v) is 15.3. The van der Waals surface area contributed by atoms with Gasteiger partial charge in [0.15, 0.2) is 0 Å². The van der Waals surface area contributed by atoms with Gasteiger partial charge >= 0.3 is 0 Å². The van der Waals surface area contributed by atoms with E-state index >= 15 is 0 Å². The van der Waals surface area contributed by atoms with Gasteiger partial charge in [0.25, 0.3) is 0 Å². The minimum absolute atomic E-state index is 1.08. The van der Waals surface area contributed by atoms with E-state index in [1.165, 1.54) is 60.4 Å². The zero-order chi connectivity index (χ0) is 39.8. The van der Waals surface area contributed by atoms with Gasteiger partial charge in [0.1, 0.15) is 0 Å². The van der Waals surface area contributed by atoms with Crippen LogP contribution in [0.15, 0.2) is 243 Å². The van der Waals surface area contributed by atoms with Crippen LogP contribution >= 0.6 is 0 Å². The van der Waals surface area contributed by atoms with E-state index in [2.05, 4.69) is 252 Å². The van der Waals surface area contributed by atoms with Crippen molar-refractivity contribution in [2.75, 3.05) is 4.90 Å². The summed E-state index contributed by atoms with van der Waals surface area (Å²) in [6.07, 6.45) is 0. The molecule has 2 heteroatoms. The Labute approximate surface area is 350 Å². The average Bonchev–Trinajstić information content (AvgIpc) is 3.67. The number of aromatic nitrogens is 1. The third-order valence-corrected chi connectivity index (χ3v) is 11.8. The zero-order valence-electron chi connectivity index (χ0n) is 33.0. The third-order valence-electron chi connectivity index (χ3n) is 11.8. The summed E-state index contributed by atoms with van der Waals surface area (Å²) >= 11 is 0. The predicted octanol–water partition coefficient (Wildman–Crippen LogP) is 16.1. The largest absolute Gasteiger partial charge is 0.309 e. The highest BCUT2D eigenvalue weighted by molar-refractivity contribution is 6.09. The van der Waals surface area contributed by atoms with E-state index in [4.69, 9.17) is 0 Å². The Bertz CT molecular complexity index is 3250. The molecule has 0 radical (unpaired) electrons. The molecule has 2 nitrogen and oxygen atoms in total. The van der Waals surface area contributed by atoms with Gasteiger partial charge in [-0.05, 0) is 98.8 Å². The van der Waals surface area contributed by atoms with Crippen LogP contribution in [0, 0.1) is 0 Å². The Balaban J connectivity index is 1.15. The van der Waals surface area contributed by atoms with Crippen LogP contribution in [0.4, 0.5) is 17.1 Å². The molecule has 1 aromatic heterocycles. The SMILES string of the molecule is c1ccc(-c2ccc(N(c3ccc(-c4cccc5ccccc45)cc3)c3ccccc3-c3ccccc3)c(-c3cccc(-n4c5ccccc5c5ccccc54)c3)c2)cc1. The molecule has 0 aliphatic heterocycles. The molecule has 0 aliphatic carbocycles. The van der Waals surface area contributed by atoms with Gasteiger partial charge in [-0.3, -0.25) is 0 Å². The molecule has 0 bridgehead atoms. The number of hydrogen-bond acceptors (Lipinski definition) is 1. The number of anilines is 3.